The SMILES string of the molecule is CC[C@H](NC(=O)CSc1nnc(Nc2ccccc2OC)s1)c1ccc(C)cc1. The number of thioether (sulfide) groups is 1. The number of rotatable bonds is 9. The van der Waals surface area contributed by atoms with E-state index >= 15 is 0 Å². The van der Waals surface area contributed by atoms with Crippen molar-refractivity contribution in [1.29, 1.82) is 0 Å². The van der Waals surface area contributed by atoms with Crippen molar-refractivity contribution in [3.8, 4) is 5.75 Å². The highest BCUT2D eigenvalue weighted by atomic mass is 32.2. The van der Waals surface area contributed by atoms with Crippen LogP contribution in [0.25, 0.3) is 0 Å². The van der Waals surface area contributed by atoms with Gasteiger partial charge >= 0.3 is 0 Å². The fourth-order valence-corrected chi connectivity index (χ4v) is 4.34. The Morgan fingerprint density at radius 2 is 1.93 bits per heavy atom. The molecule has 0 saturated carbocycles. The molecule has 0 aliphatic carbocycles. The van der Waals surface area contributed by atoms with Crippen LogP contribution in [-0.2, 0) is 4.79 Å². The lowest BCUT2D eigenvalue weighted by molar-refractivity contribution is -0.119. The van der Waals surface area contributed by atoms with E-state index in [1.807, 2.05) is 24.3 Å². The lowest BCUT2D eigenvalue weighted by Gasteiger charge is -2.17. The van der Waals surface area contributed by atoms with E-state index in [-0.39, 0.29) is 11.9 Å². The summed E-state index contributed by atoms with van der Waals surface area (Å²) in [6.45, 7) is 4.12. The maximum Gasteiger partial charge on any atom is 0.230 e. The number of hydrogen-bond donors (Lipinski definition) is 2. The molecule has 1 aromatic heterocycles. The van der Waals surface area contributed by atoms with Crippen LogP contribution < -0.4 is 15.4 Å². The quantitative estimate of drug-likeness (QED) is 0.469. The second-order valence-corrected chi connectivity index (χ2v) is 8.63. The van der Waals surface area contributed by atoms with Crippen molar-refractivity contribution in [3.05, 3.63) is 59.7 Å². The Bertz CT molecular complexity index is 944. The molecule has 1 heterocycles. The number of nitrogens with one attached hydrogen (secondary N) is 2. The van der Waals surface area contributed by atoms with Crippen LogP contribution in [0.5, 0.6) is 5.75 Å². The summed E-state index contributed by atoms with van der Waals surface area (Å²) >= 11 is 2.79. The van der Waals surface area contributed by atoms with Crippen molar-refractivity contribution >= 4 is 39.8 Å². The Morgan fingerprint density at radius 1 is 1.17 bits per heavy atom. The summed E-state index contributed by atoms with van der Waals surface area (Å²) < 4.78 is 6.07. The van der Waals surface area contributed by atoms with Crippen LogP contribution in [0.15, 0.2) is 52.9 Å². The average molecular weight is 429 g/mol. The highest BCUT2D eigenvalue weighted by molar-refractivity contribution is 8.01. The third kappa shape index (κ3) is 5.95. The molecule has 0 fully saturated rings. The van der Waals surface area contributed by atoms with Crippen LogP contribution in [0.1, 0.15) is 30.5 Å². The molecule has 2 N–H and O–H groups in total. The molecule has 0 saturated heterocycles. The van der Waals surface area contributed by atoms with Crippen molar-refractivity contribution in [1.82, 2.24) is 15.5 Å². The van der Waals surface area contributed by atoms with Crippen LogP contribution in [0.2, 0.25) is 0 Å². The van der Waals surface area contributed by atoms with Gasteiger partial charge in [0.05, 0.1) is 24.6 Å². The summed E-state index contributed by atoms with van der Waals surface area (Å²) in [7, 11) is 1.63. The van der Waals surface area contributed by atoms with Crippen molar-refractivity contribution < 1.29 is 9.53 Å². The Labute approximate surface area is 179 Å². The number of para-hydroxylation sites is 2. The number of methoxy groups -OCH3 is 1. The van der Waals surface area contributed by atoms with Gasteiger partial charge in [-0.2, -0.15) is 0 Å². The average Bonchev–Trinajstić information content (AvgIpc) is 3.19. The van der Waals surface area contributed by atoms with E-state index in [1.54, 1.807) is 7.11 Å². The van der Waals surface area contributed by atoms with E-state index in [4.69, 9.17) is 4.74 Å². The lowest BCUT2D eigenvalue weighted by atomic mass is 10.0. The summed E-state index contributed by atoms with van der Waals surface area (Å²) in [5, 5.41) is 15.3. The van der Waals surface area contributed by atoms with Crippen molar-refractivity contribution in [3.63, 3.8) is 0 Å². The minimum atomic E-state index is -0.0168. The second kappa shape index (κ2) is 10.3. The molecule has 3 rings (SSSR count). The molecular weight excluding hydrogens is 404 g/mol. The normalized spacial score (nSPS) is 11.7. The van der Waals surface area contributed by atoms with E-state index in [1.165, 1.54) is 28.7 Å². The van der Waals surface area contributed by atoms with Gasteiger partial charge in [0, 0.05) is 0 Å². The third-order valence-corrected chi connectivity index (χ3v) is 6.28. The number of amides is 1. The third-order valence-electron chi connectivity index (χ3n) is 4.30. The first-order chi connectivity index (χ1) is 14.1. The number of hydrogen-bond acceptors (Lipinski definition) is 7. The molecule has 152 valence electrons. The molecule has 3 aromatic rings. The van der Waals surface area contributed by atoms with Crippen molar-refractivity contribution in [2.75, 3.05) is 18.2 Å². The maximum atomic E-state index is 12.4. The molecule has 8 heteroatoms. The number of anilines is 2. The zero-order valence-electron chi connectivity index (χ0n) is 16.6. The summed E-state index contributed by atoms with van der Waals surface area (Å²) in [6.07, 6.45) is 0.839. The zero-order valence-corrected chi connectivity index (χ0v) is 18.3. The summed E-state index contributed by atoms with van der Waals surface area (Å²) in [4.78, 5) is 12.4. The Balaban J connectivity index is 1.53. The zero-order chi connectivity index (χ0) is 20.6. The minimum absolute atomic E-state index is 0.0147. The summed E-state index contributed by atoms with van der Waals surface area (Å²) in [6, 6.07) is 15.9. The number of carbonyl (C=O) groups is 1. The Morgan fingerprint density at radius 3 is 2.66 bits per heavy atom. The first-order valence-electron chi connectivity index (χ1n) is 9.31. The van der Waals surface area contributed by atoms with Crippen LogP contribution in [-0.4, -0.2) is 29.0 Å². The van der Waals surface area contributed by atoms with Crippen LogP contribution >= 0.6 is 23.1 Å². The minimum Gasteiger partial charge on any atom is -0.495 e. The molecule has 29 heavy (non-hydrogen) atoms. The molecule has 0 unspecified atom stereocenters. The molecule has 1 amide bonds. The second-order valence-electron chi connectivity index (χ2n) is 6.43. The molecule has 6 nitrogen and oxygen atoms in total. The van der Waals surface area contributed by atoms with E-state index in [0.717, 1.165) is 27.8 Å². The molecular formula is C21H24N4O2S2. The number of ether oxygens (including phenoxy) is 1. The van der Waals surface area contributed by atoms with Gasteiger partial charge in [0.2, 0.25) is 11.0 Å². The van der Waals surface area contributed by atoms with Crippen LogP contribution in [0, 0.1) is 6.92 Å². The number of carbonyl (C=O) groups excluding carboxylic acids is 1. The Hall–Kier alpha value is -2.58. The van der Waals surface area contributed by atoms with Gasteiger partial charge in [-0.15, -0.1) is 10.2 Å². The van der Waals surface area contributed by atoms with Gasteiger partial charge in [0.15, 0.2) is 4.34 Å². The molecule has 1 atom stereocenters. The molecule has 2 aromatic carbocycles. The molecule has 0 radical (unpaired) electrons. The molecule has 0 aliphatic heterocycles. The van der Waals surface area contributed by atoms with Crippen molar-refractivity contribution in [2.24, 2.45) is 0 Å². The topological polar surface area (TPSA) is 76.1 Å². The first kappa shape index (κ1) is 21.1. The summed E-state index contributed by atoms with van der Waals surface area (Å²) in [5.74, 6) is 1.01. The van der Waals surface area contributed by atoms with E-state index < -0.39 is 0 Å². The summed E-state index contributed by atoms with van der Waals surface area (Å²) in [5.41, 5.74) is 3.15. The predicted molar refractivity (Wildman–Crippen MR) is 119 cm³/mol. The smallest absolute Gasteiger partial charge is 0.230 e. The molecule has 0 spiro atoms. The fourth-order valence-electron chi connectivity index (χ4n) is 2.76. The number of aromatic nitrogens is 2. The Kier molecular flexibility index (Phi) is 7.48. The maximum absolute atomic E-state index is 12.4. The molecule has 0 aliphatic rings. The lowest BCUT2D eigenvalue weighted by Crippen LogP contribution is -2.29. The first-order valence-corrected chi connectivity index (χ1v) is 11.1. The van der Waals surface area contributed by atoms with Gasteiger partial charge in [0.25, 0.3) is 0 Å². The largest absolute Gasteiger partial charge is 0.495 e. The highest BCUT2D eigenvalue weighted by Gasteiger charge is 2.14. The van der Waals surface area contributed by atoms with Gasteiger partial charge in [-0.3, -0.25) is 4.79 Å². The van der Waals surface area contributed by atoms with Crippen LogP contribution in [0.4, 0.5) is 10.8 Å². The number of benzene rings is 2. The van der Waals surface area contributed by atoms with E-state index in [9.17, 15) is 4.79 Å². The highest BCUT2D eigenvalue weighted by Crippen LogP contribution is 2.31. The van der Waals surface area contributed by atoms with Crippen molar-refractivity contribution in [2.45, 2.75) is 30.6 Å². The van der Waals surface area contributed by atoms with E-state index in [0.29, 0.717) is 10.9 Å². The predicted octanol–water partition coefficient (Wildman–Crippen LogP) is 4.96. The number of aryl methyl sites for hydroxylation is 1. The van der Waals surface area contributed by atoms with Gasteiger partial charge in [-0.05, 0) is 31.0 Å². The van der Waals surface area contributed by atoms with Crippen LogP contribution in [0.3, 0.4) is 0 Å². The van der Waals surface area contributed by atoms with Gasteiger partial charge in [0.1, 0.15) is 5.75 Å². The fraction of sp³-hybridized carbons (Fsp3) is 0.286. The van der Waals surface area contributed by atoms with Gasteiger partial charge in [-0.1, -0.05) is 72.0 Å². The van der Waals surface area contributed by atoms with E-state index in [2.05, 4.69) is 58.9 Å². The monoisotopic (exact) mass is 428 g/mol. The standard InChI is InChI=1S/C21H24N4O2S2/c1-4-16(15-11-9-14(2)10-12-15)22-19(26)13-28-21-25-24-20(29-21)23-17-7-5-6-8-18(17)27-3/h5-12,16H,4,13H2,1-3H3,(H,22,26)(H,23,24)/t16-/m0/s1. The van der Waals surface area contributed by atoms with Gasteiger partial charge < -0.3 is 15.4 Å². The molecule has 0 bridgehead atoms. The number of nitrogens with zero attached hydrogens (tertiary/aromatic N) is 2. The van der Waals surface area contributed by atoms with Gasteiger partial charge in [-0.25, -0.2) is 0 Å².